The van der Waals surface area contributed by atoms with E-state index in [1.165, 1.54) is 21.9 Å². The number of ether oxygens (including phenoxy) is 2. The maximum absolute atomic E-state index is 12.4. The van der Waals surface area contributed by atoms with Crippen LogP contribution in [0.5, 0.6) is 5.75 Å². The van der Waals surface area contributed by atoms with Gasteiger partial charge in [-0.2, -0.15) is 9.61 Å². The number of amides is 1. The van der Waals surface area contributed by atoms with Gasteiger partial charge in [-0.05, 0) is 50.2 Å². The molecule has 1 N–H and O–H groups in total. The van der Waals surface area contributed by atoms with Crippen LogP contribution in [0.1, 0.15) is 28.0 Å². The second-order valence-corrected chi connectivity index (χ2v) is 8.28. The molecule has 1 unspecified atom stereocenters. The molecule has 9 nitrogen and oxygen atoms in total. The molecule has 0 spiro atoms. The molecule has 4 aromatic rings. The van der Waals surface area contributed by atoms with Crippen LogP contribution in [0.25, 0.3) is 4.96 Å². The lowest BCUT2D eigenvalue weighted by molar-refractivity contribution is -0.122. The number of esters is 1. The van der Waals surface area contributed by atoms with Crippen LogP contribution in [0, 0.1) is 6.92 Å². The largest absolute Gasteiger partial charge is 0.481 e. The van der Waals surface area contributed by atoms with Gasteiger partial charge in [0.15, 0.2) is 6.10 Å². The van der Waals surface area contributed by atoms with Gasteiger partial charge >= 0.3 is 5.97 Å². The Morgan fingerprint density at radius 3 is 2.58 bits per heavy atom. The van der Waals surface area contributed by atoms with E-state index in [0.29, 0.717) is 32.7 Å². The Bertz CT molecular complexity index is 1350. The van der Waals surface area contributed by atoms with Gasteiger partial charge in [0.1, 0.15) is 17.4 Å². The fourth-order valence-corrected chi connectivity index (χ4v) is 3.71. The Balaban J connectivity index is 1.33. The van der Waals surface area contributed by atoms with Crippen LogP contribution in [-0.4, -0.2) is 32.6 Å². The molecule has 0 aliphatic heterocycles. The van der Waals surface area contributed by atoms with E-state index in [1.54, 1.807) is 50.2 Å². The minimum Gasteiger partial charge on any atom is -0.481 e. The minimum atomic E-state index is -0.701. The van der Waals surface area contributed by atoms with Crippen molar-refractivity contribution in [3.8, 4) is 5.75 Å². The van der Waals surface area contributed by atoms with Gasteiger partial charge in [0, 0.05) is 11.8 Å². The third-order valence-electron chi connectivity index (χ3n) is 4.56. The van der Waals surface area contributed by atoms with Gasteiger partial charge in [0.25, 0.3) is 11.5 Å². The number of rotatable bonds is 7. The third-order valence-corrected chi connectivity index (χ3v) is 5.39. The van der Waals surface area contributed by atoms with Crippen LogP contribution in [0.3, 0.4) is 0 Å². The number of aromatic nitrogens is 3. The first kappa shape index (κ1) is 22.2. The number of carbonyl (C=O) groups is 2. The van der Waals surface area contributed by atoms with E-state index < -0.39 is 12.1 Å². The number of nitrogens with zero attached hydrogens (tertiary/aromatic N) is 3. The summed E-state index contributed by atoms with van der Waals surface area (Å²) >= 11 is 1.28. The number of hydrogen-bond donors (Lipinski definition) is 1. The number of fused-ring (bicyclic) bond motifs is 1. The van der Waals surface area contributed by atoms with Crippen molar-refractivity contribution in [2.24, 2.45) is 0 Å². The smallest absolute Gasteiger partial charge is 0.338 e. The lowest BCUT2D eigenvalue weighted by Crippen LogP contribution is -2.30. The molecule has 2 aromatic carbocycles. The Labute approximate surface area is 192 Å². The normalized spacial score (nSPS) is 11.7. The molecule has 0 aliphatic carbocycles. The fourth-order valence-electron chi connectivity index (χ4n) is 2.94. The van der Waals surface area contributed by atoms with Crippen molar-refractivity contribution in [2.45, 2.75) is 26.6 Å². The quantitative estimate of drug-likeness (QED) is 0.418. The summed E-state index contributed by atoms with van der Waals surface area (Å²) < 4.78 is 12.1. The SMILES string of the molecule is Cc1nn2c(=O)cc(COC(=O)c3ccc(NC(=O)C(C)Oc4ccccc4)cc3)nc2s1. The summed E-state index contributed by atoms with van der Waals surface area (Å²) in [6, 6.07) is 16.6. The van der Waals surface area contributed by atoms with E-state index in [2.05, 4.69) is 15.4 Å². The van der Waals surface area contributed by atoms with Crippen LogP contribution in [0.4, 0.5) is 5.69 Å². The van der Waals surface area contributed by atoms with Gasteiger partial charge in [0.05, 0.1) is 11.3 Å². The highest BCUT2D eigenvalue weighted by Gasteiger charge is 2.16. The molecule has 2 heterocycles. The van der Waals surface area contributed by atoms with Crippen molar-refractivity contribution in [1.82, 2.24) is 14.6 Å². The zero-order valence-corrected chi connectivity index (χ0v) is 18.7. The van der Waals surface area contributed by atoms with Gasteiger partial charge < -0.3 is 14.8 Å². The number of hydrogen-bond acceptors (Lipinski definition) is 8. The molecule has 33 heavy (non-hydrogen) atoms. The van der Waals surface area contributed by atoms with Crippen LogP contribution in [0.15, 0.2) is 65.5 Å². The van der Waals surface area contributed by atoms with Crippen molar-refractivity contribution in [3.63, 3.8) is 0 Å². The van der Waals surface area contributed by atoms with Crippen molar-refractivity contribution in [1.29, 1.82) is 0 Å². The second-order valence-electron chi connectivity index (χ2n) is 7.12. The molecule has 1 amide bonds. The summed E-state index contributed by atoms with van der Waals surface area (Å²) in [6.45, 7) is 3.29. The molecule has 0 aliphatic rings. The summed E-state index contributed by atoms with van der Waals surface area (Å²) in [5, 5.41) is 7.52. The number of nitrogens with one attached hydrogen (secondary N) is 1. The summed E-state index contributed by atoms with van der Waals surface area (Å²) in [4.78, 5) is 41.5. The molecule has 1 atom stereocenters. The van der Waals surface area contributed by atoms with E-state index in [0.717, 1.165) is 0 Å². The van der Waals surface area contributed by atoms with Gasteiger partial charge in [0.2, 0.25) is 4.96 Å². The van der Waals surface area contributed by atoms with E-state index in [1.807, 2.05) is 18.2 Å². The first-order valence-electron chi connectivity index (χ1n) is 10.1. The van der Waals surface area contributed by atoms with Crippen LogP contribution in [0.2, 0.25) is 0 Å². The average Bonchev–Trinajstić information content (AvgIpc) is 3.19. The van der Waals surface area contributed by atoms with Gasteiger partial charge in [-0.15, -0.1) is 0 Å². The molecule has 4 rings (SSSR count). The Kier molecular flexibility index (Phi) is 6.45. The van der Waals surface area contributed by atoms with Crippen molar-refractivity contribution in [2.75, 3.05) is 5.32 Å². The average molecular weight is 465 g/mol. The van der Waals surface area contributed by atoms with Crippen molar-refractivity contribution >= 4 is 33.9 Å². The zero-order chi connectivity index (χ0) is 23.4. The summed E-state index contributed by atoms with van der Waals surface area (Å²) in [5.41, 5.74) is 0.822. The highest BCUT2D eigenvalue weighted by atomic mass is 32.1. The highest BCUT2D eigenvalue weighted by molar-refractivity contribution is 7.16. The summed E-state index contributed by atoms with van der Waals surface area (Å²) in [5.74, 6) is -0.295. The fraction of sp³-hybridized carbons (Fsp3) is 0.174. The Morgan fingerprint density at radius 1 is 1.12 bits per heavy atom. The molecule has 168 valence electrons. The standard InChI is InChI=1S/C23H20N4O5S/c1-14(32-19-6-4-3-5-7-19)21(29)24-17-10-8-16(9-11-17)22(30)31-13-18-12-20(28)27-23(25-18)33-15(2)26-27/h3-12,14H,13H2,1-2H3,(H,24,29). The van der Waals surface area contributed by atoms with E-state index in [9.17, 15) is 14.4 Å². The molecule has 0 saturated carbocycles. The first-order chi connectivity index (χ1) is 15.9. The molecule has 0 fully saturated rings. The van der Waals surface area contributed by atoms with E-state index in [4.69, 9.17) is 9.47 Å². The number of carbonyl (C=O) groups excluding carboxylic acids is 2. The lowest BCUT2D eigenvalue weighted by atomic mass is 10.2. The number of anilines is 1. The third kappa shape index (κ3) is 5.42. The van der Waals surface area contributed by atoms with Crippen molar-refractivity contribution < 1.29 is 19.1 Å². The van der Waals surface area contributed by atoms with Gasteiger partial charge in [-0.25, -0.2) is 9.78 Å². The van der Waals surface area contributed by atoms with Crippen LogP contribution >= 0.6 is 11.3 Å². The molecule has 0 radical (unpaired) electrons. The Morgan fingerprint density at radius 2 is 1.85 bits per heavy atom. The predicted molar refractivity (Wildman–Crippen MR) is 123 cm³/mol. The topological polar surface area (TPSA) is 112 Å². The van der Waals surface area contributed by atoms with Gasteiger partial charge in [-0.1, -0.05) is 29.5 Å². The highest BCUT2D eigenvalue weighted by Crippen LogP contribution is 2.15. The minimum absolute atomic E-state index is 0.144. The molecule has 0 saturated heterocycles. The molecular weight excluding hydrogens is 444 g/mol. The summed E-state index contributed by atoms with van der Waals surface area (Å²) in [7, 11) is 0. The Hall–Kier alpha value is -4.05. The van der Waals surface area contributed by atoms with Gasteiger partial charge in [-0.3, -0.25) is 9.59 Å². The molecule has 10 heteroatoms. The number of aryl methyl sites for hydroxylation is 1. The maximum atomic E-state index is 12.4. The molecular formula is C23H20N4O5S. The van der Waals surface area contributed by atoms with E-state index in [-0.39, 0.29) is 18.1 Å². The van der Waals surface area contributed by atoms with E-state index >= 15 is 0 Å². The summed E-state index contributed by atoms with van der Waals surface area (Å²) in [6.07, 6.45) is -0.701. The lowest BCUT2D eigenvalue weighted by Gasteiger charge is -2.14. The number of benzene rings is 2. The first-order valence-corrected chi connectivity index (χ1v) is 10.9. The predicted octanol–water partition coefficient (Wildman–Crippen LogP) is 3.22. The number of para-hydroxylation sites is 1. The second kappa shape index (κ2) is 9.61. The zero-order valence-electron chi connectivity index (χ0n) is 17.8. The van der Waals surface area contributed by atoms with Crippen LogP contribution < -0.4 is 15.6 Å². The monoisotopic (exact) mass is 464 g/mol. The molecule has 0 bridgehead atoms. The van der Waals surface area contributed by atoms with Crippen molar-refractivity contribution in [3.05, 3.63) is 87.3 Å². The molecule has 2 aromatic heterocycles. The maximum Gasteiger partial charge on any atom is 0.338 e. The van der Waals surface area contributed by atoms with Crippen LogP contribution in [-0.2, 0) is 16.1 Å².